The average molecular weight is 338 g/mol. The Balaban J connectivity index is 1.63. The van der Waals surface area contributed by atoms with Crippen molar-refractivity contribution in [3.63, 3.8) is 0 Å². The zero-order valence-electron chi connectivity index (χ0n) is 13.0. The van der Waals surface area contributed by atoms with Crippen molar-refractivity contribution in [3.8, 4) is 0 Å². The molecule has 7 heteroatoms. The molecule has 2 fully saturated rings. The lowest BCUT2D eigenvalue weighted by Crippen LogP contribution is -2.51. The van der Waals surface area contributed by atoms with E-state index in [1.807, 2.05) is 0 Å². The van der Waals surface area contributed by atoms with Gasteiger partial charge in [-0.2, -0.15) is 0 Å². The van der Waals surface area contributed by atoms with Gasteiger partial charge in [-0.3, -0.25) is 4.79 Å². The predicted molar refractivity (Wildman–Crippen MR) is 85.3 cm³/mol. The fraction of sp³-hybridized carbons (Fsp3) is 0.562. The van der Waals surface area contributed by atoms with E-state index in [0.29, 0.717) is 26.3 Å². The minimum Gasteiger partial charge on any atom is -0.381 e. The Morgan fingerprint density at radius 1 is 1.22 bits per heavy atom. The summed E-state index contributed by atoms with van der Waals surface area (Å²) in [6.45, 7) is 2.24. The summed E-state index contributed by atoms with van der Waals surface area (Å²) >= 11 is 0. The highest BCUT2D eigenvalue weighted by Gasteiger charge is 2.32. The smallest absolute Gasteiger partial charge is 0.240 e. The Morgan fingerprint density at radius 2 is 2.00 bits per heavy atom. The molecule has 2 aliphatic rings. The Morgan fingerprint density at radius 3 is 2.70 bits per heavy atom. The van der Waals surface area contributed by atoms with E-state index < -0.39 is 10.0 Å². The highest BCUT2D eigenvalue weighted by molar-refractivity contribution is 7.89. The van der Waals surface area contributed by atoms with Crippen molar-refractivity contribution in [1.29, 1.82) is 0 Å². The van der Waals surface area contributed by atoms with Crippen LogP contribution in [0.25, 0.3) is 0 Å². The summed E-state index contributed by atoms with van der Waals surface area (Å²) in [5.41, 5.74) is 0. The summed E-state index contributed by atoms with van der Waals surface area (Å²) in [5.74, 6) is 0.0191. The molecule has 126 valence electrons. The number of benzene rings is 1. The molecule has 2 heterocycles. The van der Waals surface area contributed by atoms with Gasteiger partial charge in [0.1, 0.15) is 0 Å². The molecule has 2 unspecified atom stereocenters. The van der Waals surface area contributed by atoms with E-state index in [9.17, 15) is 13.2 Å². The molecule has 1 aromatic carbocycles. The van der Waals surface area contributed by atoms with E-state index in [1.165, 1.54) is 0 Å². The van der Waals surface area contributed by atoms with Crippen molar-refractivity contribution < 1.29 is 17.9 Å². The van der Waals surface area contributed by atoms with E-state index in [0.717, 1.165) is 19.3 Å². The number of carbonyl (C=O) groups is 1. The van der Waals surface area contributed by atoms with Crippen LogP contribution in [0.2, 0.25) is 0 Å². The number of carbonyl (C=O) groups excluding carboxylic acids is 1. The van der Waals surface area contributed by atoms with Gasteiger partial charge in [-0.25, -0.2) is 13.1 Å². The van der Waals surface area contributed by atoms with E-state index in [2.05, 4.69) is 4.72 Å². The molecule has 2 atom stereocenters. The Labute approximate surface area is 136 Å². The second-order valence-corrected chi connectivity index (χ2v) is 7.83. The molecule has 23 heavy (non-hydrogen) atoms. The maximum absolute atomic E-state index is 12.5. The Bertz CT molecular complexity index is 641. The third-order valence-corrected chi connectivity index (χ3v) is 5.92. The third-order valence-electron chi connectivity index (χ3n) is 4.39. The minimum absolute atomic E-state index is 0.0699. The van der Waals surface area contributed by atoms with E-state index in [1.54, 1.807) is 35.2 Å². The average Bonchev–Trinajstić information content (AvgIpc) is 3.09. The fourth-order valence-electron chi connectivity index (χ4n) is 3.15. The van der Waals surface area contributed by atoms with Gasteiger partial charge < -0.3 is 9.64 Å². The summed E-state index contributed by atoms with van der Waals surface area (Å²) < 4.78 is 32.8. The molecule has 1 N–H and O–H groups in total. The number of piperidine rings is 1. The number of amides is 1. The number of sulfonamides is 1. The first-order valence-corrected chi connectivity index (χ1v) is 9.48. The van der Waals surface area contributed by atoms with Crippen LogP contribution in [0.3, 0.4) is 0 Å². The van der Waals surface area contributed by atoms with Gasteiger partial charge in [0.15, 0.2) is 0 Å². The van der Waals surface area contributed by atoms with Gasteiger partial charge in [0.25, 0.3) is 0 Å². The first-order chi connectivity index (χ1) is 11.1. The number of hydrogen-bond acceptors (Lipinski definition) is 4. The zero-order chi connectivity index (χ0) is 16.3. The lowest BCUT2D eigenvalue weighted by molar-refractivity contribution is -0.136. The van der Waals surface area contributed by atoms with Gasteiger partial charge >= 0.3 is 0 Å². The molecular weight excluding hydrogens is 316 g/mol. The van der Waals surface area contributed by atoms with E-state index in [-0.39, 0.29) is 22.8 Å². The molecule has 0 spiro atoms. The van der Waals surface area contributed by atoms with Gasteiger partial charge in [0.2, 0.25) is 15.9 Å². The number of rotatable bonds is 4. The molecule has 2 saturated heterocycles. The maximum Gasteiger partial charge on any atom is 0.240 e. The molecule has 2 aliphatic heterocycles. The lowest BCUT2D eigenvalue weighted by atomic mass is 10.0. The standard InChI is InChI=1S/C16H22N2O4S/c19-16(13-8-10-22-12-13)18-9-4-5-14(11-18)17-23(20,21)15-6-2-1-3-7-15/h1-3,6-7,13-14,17H,4-5,8-12H2. The van der Waals surface area contributed by atoms with Crippen LogP contribution in [0, 0.1) is 5.92 Å². The van der Waals surface area contributed by atoms with Crippen LogP contribution in [0.1, 0.15) is 19.3 Å². The Kier molecular flexibility index (Phi) is 4.99. The Hall–Kier alpha value is -1.44. The first-order valence-electron chi connectivity index (χ1n) is 8.00. The predicted octanol–water partition coefficient (Wildman–Crippen LogP) is 0.992. The monoisotopic (exact) mass is 338 g/mol. The molecule has 0 bridgehead atoms. The van der Waals surface area contributed by atoms with Gasteiger partial charge in [0, 0.05) is 25.7 Å². The second kappa shape index (κ2) is 6.98. The molecule has 0 radical (unpaired) electrons. The van der Waals surface area contributed by atoms with Crippen LogP contribution in [0.15, 0.2) is 35.2 Å². The van der Waals surface area contributed by atoms with Crippen molar-refractivity contribution in [2.75, 3.05) is 26.3 Å². The molecular formula is C16H22N2O4S. The zero-order valence-corrected chi connectivity index (χ0v) is 13.8. The number of ether oxygens (including phenoxy) is 1. The van der Waals surface area contributed by atoms with Crippen LogP contribution in [-0.2, 0) is 19.6 Å². The van der Waals surface area contributed by atoms with Gasteiger partial charge in [0.05, 0.1) is 17.4 Å². The van der Waals surface area contributed by atoms with Gasteiger partial charge in [-0.05, 0) is 31.4 Å². The van der Waals surface area contributed by atoms with Crippen molar-refractivity contribution in [1.82, 2.24) is 9.62 Å². The van der Waals surface area contributed by atoms with Gasteiger partial charge in [-0.1, -0.05) is 18.2 Å². The summed E-state index contributed by atoms with van der Waals surface area (Å²) in [6, 6.07) is 8.09. The maximum atomic E-state index is 12.5. The summed E-state index contributed by atoms with van der Waals surface area (Å²) in [4.78, 5) is 14.5. The van der Waals surface area contributed by atoms with Crippen molar-refractivity contribution in [3.05, 3.63) is 30.3 Å². The highest BCUT2D eigenvalue weighted by atomic mass is 32.2. The molecule has 0 aromatic heterocycles. The highest BCUT2D eigenvalue weighted by Crippen LogP contribution is 2.20. The molecule has 1 amide bonds. The second-order valence-electron chi connectivity index (χ2n) is 6.12. The fourth-order valence-corrected chi connectivity index (χ4v) is 4.43. The number of likely N-dealkylation sites (tertiary alicyclic amines) is 1. The van der Waals surface area contributed by atoms with Crippen LogP contribution < -0.4 is 4.72 Å². The first kappa shape index (κ1) is 16.4. The SMILES string of the molecule is O=C(C1CCOC1)N1CCCC(NS(=O)(=O)c2ccccc2)C1. The molecule has 6 nitrogen and oxygen atoms in total. The number of hydrogen-bond donors (Lipinski definition) is 1. The molecule has 3 rings (SSSR count). The van der Waals surface area contributed by atoms with Crippen LogP contribution in [0.4, 0.5) is 0 Å². The molecule has 1 aromatic rings. The third kappa shape index (κ3) is 3.91. The normalized spacial score (nSPS) is 25.5. The number of nitrogens with one attached hydrogen (secondary N) is 1. The summed E-state index contributed by atoms with van der Waals surface area (Å²) in [6.07, 6.45) is 2.31. The largest absolute Gasteiger partial charge is 0.381 e. The number of nitrogens with zero attached hydrogens (tertiary/aromatic N) is 1. The van der Waals surface area contributed by atoms with Crippen molar-refractivity contribution in [2.45, 2.75) is 30.2 Å². The minimum atomic E-state index is -3.54. The summed E-state index contributed by atoms with van der Waals surface area (Å²) in [5, 5.41) is 0. The molecule has 0 saturated carbocycles. The quantitative estimate of drug-likeness (QED) is 0.888. The van der Waals surface area contributed by atoms with Crippen LogP contribution in [-0.4, -0.2) is 51.6 Å². The van der Waals surface area contributed by atoms with E-state index in [4.69, 9.17) is 4.74 Å². The van der Waals surface area contributed by atoms with Crippen molar-refractivity contribution >= 4 is 15.9 Å². The van der Waals surface area contributed by atoms with Crippen LogP contribution in [0.5, 0.6) is 0 Å². The topological polar surface area (TPSA) is 75.7 Å². The lowest BCUT2D eigenvalue weighted by Gasteiger charge is -2.34. The summed E-state index contributed by atoms with van der Waals surface area (Å²) in [7, 11) is -3.54. The molecule has 0 aliphatic carbocycles. The van der Waals surface area contributed by atoms with E-state index >= 15 is 0 Å². The van der Waals surface area contributed by atoms with Crippen LogP contribution >= 0.6 is 0 Å². The van der Waals surface area contributed by atoms with Crippen molar-refractivity contribution in [2.24, 2.45) is 5.92 Å². The van der Waals surface area contributed by atoms with Gasteiger partial charge in [-0.15, -0.1) is 0 Å².